The molecule has 0 fully saturated rings. The van der Waals surface area contributed by atoms with E-state index in [4.69, 9.17) is 4.42 Å². The Morgan fingerprint density at radius 2 is 1.74 bits per heavy atom. The fraction of sp³-hybridized carbons (Fsp3) is 0.261. The molecular formula is C23H25NO3. The first-order valence-electron chi connectivity index (χ1n) is 9.20. The maximum atomic E-state index is 12.9. The predicted octanol–water partition coefficient (Wildman–Crippen LogP) is 4.28. The summed E-state index contributed by atoms with van der Waals surface area (Å²) in [4.78, 5) is 14.6. The molecule has 0 saturated heterocycles. The van der Waals surface area contributed by atoms with Gasteiger partial charge in [-0.15, -0.1) is 0 Å². The van der Waals surface area contributed by atoms with Crippen LogP contribution in [-0.4, -0.2) is 22.5 Å². The average molecular weight is 363 g/mol. The highest BCUT2D eigenvalue weighted by atomic mass is 16.4. The first kappa shape index (κ1) is 18.9. The molecule has 0 spiro atoms. The summed E-state index contributed by atoms with van der Waals surface area (Å²) in [5, 5.41) is 10.4. The molecule has 1 N–H and O–H groups in total. The summed E-state index contributed by atoms with van der Waals surface area (Å²) in [5.74, 6) is 0.490. The van der Waals surface area contributed by atoms with E-state index in [1.807, 2.05) is 37.3 Å². The summed E-state index contributed by atoms with van der Waals surface area (Å²) in [6.07, 6.45) is 1.77. The summed E-state index contributed by atoms with van der Waals surface area (Å²) < 4.78 is 5.28. The predicted molar refractivity (Wildman–Crippen MR) is 105 cm³/mol. The molecule has 1 atom stereocenters. The number of nitrogens with zero attached hydrogens (tertiary/aromatic N) is 1. The van der Waals surface area contributed by atoms with Crippen LogP contribution in [0.1, 0.15) is 35.0 Å². The van der Waals surface area contributed by atoms with Crippen molar-refractivity contribution in [2.24, 2.45) is 0 Å². The van der Waals surface area contributed by atoms with E-state index in [0.29, 0.717) is 25.1 Å². The van der Waals surface area contributed by atoms with Gasteiger partial charge in [0.25, 0.3) is 0 Å². The van der Waals surface area contributed by atoms with Gasteiger partial charge in [0, 0.05) is 13.0 Å². The number of rotatable bonds is 8. The third kappa shape index (κ3) is 5.56. The summed E-state index contributed by atoms with van der Waals surface area (Å²) in [5.41, 5.74) is 3.38. The highest BCUT2D eigenvalue weighted by Crippen LogP contribution is 2.18. The first-order valence-corrected chi connectivity index (χ1v) is 9.20. The minimum Gasteiger partial charge on any atom is -0.467 e. The van der Waals surface area contributed by atoms with E-state index in [9.17, 15) is 9.90 Å². The molecular weight excluding hydrogens is 338 g/mol. The van der Waals surface area contributed by atoms with E-state index in [2.05, 4.69) is 24.3 Å². The van der Waals surface area contributed by atoms with E-state index in [1.54, 1.807) is 17.0 Å². The largest absolute Gasteiger partial charge is 0.467 e. The minimum atomic E-state index is -0.841. The summed E-state index contributed by atoms with van der Waals surface area (Å²) in [6, 6.07) is 21.5. The SMILES string of the molecule is Cc1ccc(CCC(=O)N(Cc2ccccc2)CC(O)c2ccco2)cc1. The van der Waals surface area contributed by atoms with Crippen molar-refractivity contribution in [2.45, 2.75) is 32.4 Å². The number of aliphatic hydroxyl groups is 1. The molecule has 3 rings (SSSR count). The quantitative estimate of drug-likeness (QED) is 0.650. The third-order valence-corrected chi connectivity index (χ3v) is 4.58. The zero-order valence-corrected chi connectivity index (χ0v) is 15.5. The van der Waals surface area contributed by atoms with Gasteiger partial charge in [0.2, 0.25) is 5.91 Å². The lowest BCUT2D eigenvalue weighted by Gasteiger charge is -2.25. The second kappa shape index (κ2) is 9.19. The van der Waals surface area contributed by atoms with Crippen LogP contribution in [0.15, 0.2) is 77.4 Å². The van der Waals surface area contributed by atoms with Crippen molar-refractivity contribution in [1.82, 2.24) is 4.90 Å². The molecule has 0 saturated carbocycles. The molecule has 2 aromatic carbocycles. The van der Waals surface area contributed by atoms with Crippen LogP contribution in [0.4, 0.5) is 0 Å². The molecule has 4 nitrogen and oxygen atoms in total. The number of hydrogen-bond donors (Lipinski definition) is 1. The van der Waals surface area contributed by atoms with Crippen LogP contribution in [0.2, 0.25) is 0 Å². The normalized spacial score (nSPS) is 11.9. The molecule has 1 unspecified atom stereocenters. The summed E-state index contributed by atoms with van der Waals surface area (Å²) >= 11 is 0. The van der Waals surface area contributed by atoms with Crippen molar-refractivity contribution in [2.75, 3.05) is 6.54 Å². The standard InChI is InChI=1S/C23H25NO3/c1-18-9-11-19(12-10-18)13-14-23(26)24(16-20-6-3-2-4-7-20)17-21(25)22-8-5-15-27-22/h2-12,15,21,25H,13-14,16-17H2,1H3. The molecule has 1 amide bonds. The van der Waals surface area contributed by atoms with Crippen molar-refractivity contribution >= 4 is 5.91 Å². The van der Waals surface area contributed by atoms with E-state index >= 15 is 0 Å². The zero-order chi connectivity index (χ0) is 19.1. The van der Waals surface area contributed by atoms with E-state index in [0.717, 1.165) is 11.1 Å². The lowest BCUT2D eigenvalue weighted by Crippen LogP contribution is -2.34. The van der Waals surface area contributed by atoms with E-state index in [1.165, 1.54) is 11.8 Å². The van der Waals surface area contributed by atoms with Crippen LogP contribution in [0.3, 0.4) is 0 Å². The van der Waals surface area contributed by atoms with Gasteiger partial charge in [-0.3, -0.25) is 4.79 Å². The Balaban J connectivity index is 1.67. The molecule has 1 heterocycles. The van der Waals surface area contributed by atoms with E-state index in [-0.39, 0.29) is 12.5 Å². The molecule has 0 aliphatic rings. The Bertz CT molecular complexity index is 826. The maximum absolute atomic E-state index is 12.9. The molecule has 140 valence electrons. The lowest BCUT2D eigenvalue weighted by molar-refractivity contribution is -0.133. The van der Waals surface area contributed by atoms with Gasteiger partial charge in [0.05, 0.1) is 12.8 Å². The average Bonchev–Trinajstić information content (AvgIpc) is 3.22. The fourth-order valence-corrected chi connectivity index (χ4v) is 3.00. The highest BCUT2D eigenvalue weighted by Gasteiger charge is 2.20. The number of amides is 1. The number of hydrogen-bond acceptors (Lipinski definition) is 3. The Morgan fingerprint density at radius 1 is 1.00 bits per heavy atom. The Hall–Kier alpha value is -2.85. The second-order valence-corrected chi connectivity index (χ2v) is 6.78. The van der Waals surface area contributed by atoms with Crippen LogP contribution >= 0.6 is 0 Å². The van der Waals surface area contributed by atoms with Crippen LogP contribution in [0.5, 0.6) is 0 Å². The van der Waals surface area contributed by atoms with Crippen molar-refractivity contribution in [3.05, 3.63) is 95.4 Å². The first-order chi connectivity index (χ1) is 13.1. The third-order valence-electron chi connectivity index (χ3n) is 4.58. The van der Waals surface area contributed by atoms with Crippen molar-refractivity contribution in [3.63, 3.8) is 0 Å². The number of aryl methyl sites for hydroxylation is 2. The molecule has 0 radical (unpaired) electrons. The number of furan rings is 1. The van der Waals surface area contributed by atoms with Gasteiger partial charge >= 0.3 is 0 Å². The highest BCUT2D eigenvalue weighted by molar-refractivity contribution is 5.76. The van der Waals surface area contributed by atoms with Crippen LogP contribution < -0.4 is 0 Å². The minimum absolute atomic E-state index is 0.0186. The molecule has 27 heavy (non-hydrogen) atoms. The summed E-state index contributed by atoms with van der Waals surface area (Å²) in [6.45, 7) is 2.72. The number of aliphatic hydroxyl groups excluding tert-OH is 1. The Kier molecular flexibility index (Phi) is 6.44. The van der Waals surface area contributed by atoms with Gasteiger partial charge in [-0.1, -0.05) is 60.2 Å². The zero-order valence-electron chi connectivity index (χ0n) is 15.5. The van der Waals surface area contributed by atoms with Gasteiger partial charge in [-0.2, -0.15) is 0 Å². The molecule has 3 aromatic rings. The van der Waals surface area contributed by atoms with Crippen LogP contribution in [-0.2, 0) is 17.8 Å². The molecule has 4 heteroatoms. The topological polar surface area (TPSA) is 53.7 Å². The Labute approximate surface area is 160 Å². The fourth-order valence-electron chi connectivity index (χ4n) is 3.00. The lowest BCUT2D eigenvalue weighted by atomic mass is 10.1. The van der Waals surface area contributed by atoms with E-state index < -0.39 is 6.10 Å². The number of carbonyl (C=O) groups excluding carboxylic acids is 1. The van der Waals surface area contributed by atoms with Gasteiger partial charge in [0.1, 0.15) is 11.9 Å². The Morgan fingerprint density at radius 3 is 2.41 bits per heavy atom. The monoisotopic (exact) mass is 363 g/mol. The van der Waals surface area contributed by atoms with Gasteiger partial charge in [0.15, 0.2) is 0 Å². The van der Waals surface area contributed by atoms with Gasteiger partial charge in [-0.05, 0) is 36.6 Å². The second-order valence-electron chi connectivity index (χ2n) is 6.78. The molecule has 0 aliphatic carbocycles. The molecule has 0 bridgehead atoms. The van der Waals surface area contributed by atoms with Crippen molar-refractivity contribution in [1.29, 1.82) is 0 Å². The van der Waals surface area contributed by atoms with Gasteiger partial charge in [-0.25, -0.2) is 0 Å². The summed E-state index contributed by atoms with van der Waals surface area (Å²) in [7, 11) is 0. The number of benzene rings is 2. The molecule has 1 aromatic heterocycles. The van der Waals surface area contributed by atoms with Gasteiger partial charge < -0.3 is 14.4 Å². The smallest absolute Gasteiger partial charge is 0.223 e. The molecule has 0 aliphatic heterocycles. The van der Waals surface area contributed by atoms with Crippen LogP contribution in [0, 0.1) is 6.92 Å². The van der Waals surface area contributed by atoms with Crippen molar-refractivity contribution < 1.29 is 14.3 Å². The number of carbonyl (C=O) groups is 1. The maximum Gasteiger partial charge on any atom is 0.223 e. The van der Waals surface area contributed by atoms with Crippen LogP contribution in [0.25, 0.3) is 0 Å². The van der Waals surface area contributed by atoms with Crippen molar-refractivity contribution in [3.8, 4) is 0 Å².